The third-order valence-corrected chi connectivity index (χ3v) is 4.01. The molecule has 0 spiro atoms. The lowest BCUT2D eigenvalue weighted by atomic mass is 10.3. The molecule has 1 heterocycles. The van der Waals surface area contributed by atoms with E-state index < -0.39 is 0 Å². The molecule has 0 saturated carbocycles. The molecule has 1 N–H and O–H groups in total. The minimum Gasteiger partial charge on any atom is -0.484 e. The molecule has 0 bridgehead atoms. The van der Waals surface area contributed by atoms with Gasteiger partial charge < -0.3 is 4.74 Å². The quantitative estimate of drug-likeness (QED) is 0.653. The van der Waals surface area contributed by atoms with E-state index in [0.29, 0.717) is 10.8 Å². The second kappa shape index (κ2) is 7.81. The zero-order valence-corrected chi connectivity index (χ0v) is 13.1. The van der Waals surface area contributed by atoms with E-state index in [2.05, 4.69) is 23.5 Å². The molecule has 21 heavy (non-hydrogen) atoms. The van der Waals surface area contributed by atoms with Crippen molar-refractivity contribution in [2.24, 2.45) is 5.10 Å². The standard InChI is InChI=1S/C15H15ClN2O2S/c1-2-13-7-8-14(21-13)9-17-18-15(19)10-20-12-5-3-11(16)4-6-12/h3-9H,2,10H2,1H3,(H,18,19)/b17-9+. The van der Waals surface area contributed by atoms with Crippen LogP contribution in [0.3, 0.4) is 0 Å². The molecule has 0 aliphatic heterocycles. The Morgan fingerprint density at radius 3 is 2.76 bits per heavy atom. The van der Waals surface area contributed by atoms with E-state index in [1.165, 1.54) is 4.88 Å². The predicted molar refractivity (Wildman–Crippen MR) is 86.4 cm³/mol. The lowest BCUT2D eigenvalue weighted by Gasteiger charge is -2.04. The molecular formula is C15H15ClN2O2S. The number of benzene rings is 1. The van der Waals surface area contributed by atoms with E-state index in [0.717, 1.165) is 11.3 Å². The number of ether oxygens (including phenoxy) is 1. The highest BCUT2D eigenvalue weighted by molar-refractivity contribution is 7.13. The third-order valence-electron chi connectivity index (χ3n) is 2.60. The van der Waals surface area contributed by atoms with Gasteiger partial charge in [0.1, 0.15) is 5.75 Å². The fourth-order valence-corrected chi connectivity index (χ4v) is 2.48. The van der Waals surface area contributed by atoms with Gasteiger partial charge in [-0.15, -0.1) is 11.3 Å². The SMILES string of the molecule is CCc1ccc(/C=N/NC(=O)COc2ccc(Cl)cc2)s1. The number of carbonyl (C=O) groups is 1. The second-order valence-electron chi connectivity index (χ2n) is 4.19. The molecule has 0 aliphatic carbocycles. The number of amides is 1. The van der Waals surface area contributed by atoms with E-state index in [1.54, 1.807) is 41.8 Å². The van der Waals surface area contributed by atoms with Crippen LogP contribution < -0.4 is 10.2 Å². The van der Waals surface area contributed by atoms with Gasteiger partial charge in [0.2, 0.25) is 0 Å². The number of hydrogen-bond acceptors (Lipinski definition) is 4. The van der Waals surface area contributed by atoms with Gasteiger partial charge in [0.05, 0.1) is 6.21 Å². The summed E-state index contributed by atoms with van der Waals surface area (Å²) in [7, 11) is 0. The maximum atomic E-state index is 11.6. The Kier molecular flexibility index (Phi) is 5.78. The molecule has 0 fully saturated rings. The number of hydrogen-bond donors (Lipinski definition) is 1. The zero-order valence-electron chi connectivity index (χ0n) is 11.5. The lowest BCUT2D eigenvalue weighted by Crippen LogP contribution is -2.24. The van der Waals surface area contributed by atoms with Crippen molar-refractivity contribution >= 4 is 35.1 Å². The van der Waals surface area contributed by atoms with Gasteiger partial charge >= 0.3 is 0 Å². The third kappa shape index (κ3) is 5.21. The molecular weight excluding hydrogens is 308 g/mol. The summed E-state index contributed by atoms with van der Waals surface area (Å²) in [6.07, 6.45) is 2.63. The first-order valence-corrected chi connectivity index (χ1v) is 7.66. The Hall–Kier alpha value is -1.85. The first-order chi connectivity index (χ1) is 10.2. The highest BCUT2D eigenvalue weighted by Crippen LogP contribution is 2.15. The molecule has 2 rings (SSSR count). The second-order valence-corrected chi connectivity index (χ2v) is 5.83. The van der Waals surface area contributed by atoms with Crippen molar-refractivity contribution < 1.29 is 9.53 Å². The van der Waals surface area contributed by atoms with Crippen molar-refractivity contribution in [3.63, 3.8) is 0 Å². The van der Waals surface area contributed by atoms with Gasteiger partial charge in [-0.1, -0.05) is 18.5 Å². The lowest BCUT2D eigenvalue weighted by molar-refractivity contribution is -0.123. The monoisotopic (exact) mass is 322 g/mol. The molecule has 6 heteroatoms. The fraction of sp³-hybridized carbons (Fsp3) is 0.200. The van der Waals surface area contributed by atoms with Gasteiger partial charge in [0.15, 0.2) is 6.61 Å². The maximum Gasteiger partial charge on any atom is 0.277 e. The Bertz CT molecular complexity index is 623. The van der Waals surface area contributed by atoms with Crippen LogP contribution in [0.15, 0.2) is 41.5 Å². The summed E-state index contributed by atoms with van der Waals surface area (Å²) in [5, 5.41) is 4.52. The number of hydrazone groups is 1. The van der Waals surface area contributed by atoms with Crippen LogP contribution in [-0.2, 0) is 11.2 Å². The summed E-state index contributed by atoms with van der Waals surface area (Å²) in [6.45, 7) is 2.01. The highest BCUT2D eigenvalue weighted by atomic mass is 35.5. The van der Waals surface area contributed by atoms with Crippen molar-refractivity contribution in [3.05, 3.63) is 51.2 Å². The summed E-state index contributed by atoms with van der Waals surface area (Å²) in [6, 6.07) is 10.8. The number of thiophene rings is 1. The molecule has 110 valence electrons. The fourth-order valence-electron chi connectivity index (χ4n) is 1.53. The van der Waals surface area contributed by atoms with Crippen LogP contribution in [0.1, 0.15) is 16.7 Å². The van der Waals surface area contributed by atoms with E-state index in [-0.39, 0.29) is 12.5 Å². The molecule has 0 saturated heterocycles. The molecule has 1 aromatic carbocycles. The number of nitrogens with zero attached hydrogens (tertiary/aromatic N) is 1. The molecule has 0 unspecified atom stereocenters. The maximum absolute atomic E-state index is 11.6. The van der Waals surface area contributed by atoms with Crippen LogP contribution in [0.5, 0.6) is 5.75 Å². The molecule has 4 nitrogen and oxygen atoms in total. The average molecular weight is 323 g/mol. The van der Waals surface area contributed by atoms with Crippen LogP contribution in [0.2, 0.25) is 5.02 Å². The van der Waals surface area contributed by atoms with Gasteiger partial charge in [-0.2, -0.15) is 5.10 Å². The topological polar surface area (TPSA) is 50.7 Å². The van der Waals surface area contributed by atoms with Gasteiger partial charge in [0.25, 0.3) is 5.91 Å². The molecule has 0 radical (unpaired) electrons. The normalized spacial score (nSPS) is 10.8. The Morgan fingerprint density at radius 2 is 2.10 bits per heavy atom. The summed E-state index contributed by atoms with van der Waals surface area (Å²) in [5.74, 6) is 0.276. The largest absolute Gasteiger partial charge is 0.484 e. The van der Waals surface area contributed by atoms with Gasteiger partial charge in [-0.25, -0.2) is 5.43 Å². The summed E-state index contributed by atoms with van der Waals surface area (Å²) in [5.41, 5.74) is 2.43. The van der Waals surface area contributed by atoms with E-state index in [1.807, 2.05) is 6.07 Å². The van der Waals surface area contributed by atoms with Crippen LogP contribution in [-0.4, -0.2) is 18.7 Å². The van der Waals surface area contributed by atoms with E-state index >= 15 is 0 Å². The van der Waals surface area contributed by atoms with Crippen LogP contribution >= 0.6 is 22.9 Å². The van der Waals surface area contributed by atoms with Gasteiger partial charge in [-0.3, -0.25) is 4.79 Å². The number of nitrogens with one attached hydrogen (secondary N) is 1. The number of aryl methyl sites for hydroxylation is 1. The van der Waals surface area contributed by atoms with Crippen LogP contribution in [0.4, 0.5) is 0 Å². The number of rotatable bonds is 6. The predicted octanol–water partition coefficient (Wildman–Crippen LogP) is 3.49. The number of halogens is 1. The molecule has 1 amide bonds. The van der Waals surface area contributed by atoms with E-state index in [9.17, 15) is 4.79 Å². The van der Waals surface area contributed by atoms with Crippen molar-refractivity contribution in [2.45, 2.75) is 13.3 Å². The molecule has 2 aromatic rings. The van der Waals surface area contributed by atoms with Crippen LogP contribution in [0, 0.1) is 0 Å². The van der Waals surface area contributed by atoms with Crippen molar-refractivity contribution in [3.8, 4) is 5.75 Å². The molecule has 0 aliphatic rings. The summed E-state index contributed by atoms with van der Waals surface area (Å²) < 4.78 is 5.31. The van der Waals surface area contributed by atoms with Gasteiger partial charge in [0, 0.05) is 14.8 Å². The zero-order chi connectivity index (χ0) is 15.1. The van der Waals surface area contributed by atoms with Crippen molar-refractivity contribution in [1.29, 1.82) is 0 Å². The highest BCUT2D eigenvalue weighted by Gasteiger charge is 2.01. The molecule has 0 atom stereocenters. The first-order valence-electron chi connectivity index (χ1n) is 6.46. The average Bonchev–Trinajstić information content (AvgIpc) is 2.95. The summed E-state index contributed by atoms with van der Waals surface area (Å²) >= 11 is 7.41. The number of carbonyl (C=O) groups excluding carboxylic acids is 1. The van der Waals surface area contributed by atoms with Crippen LogP contribution in [0.25, 0.3) is 0 Å². The van der Waals surface area contributed by atoms with Crippen molar-refractivity contribution in [1.82, 2.24) is 5.43 Å². The molecule has 1 aromatic heterocycles. The first kappa shape index (κ1) is 15.5. The minimum absolute atomic E-state index is 0.0936. The smallest absolute Gasteiger partial charge is 0.277 e. The minimum atomic E-state index is -0.312. The van der Waals surface area contributed by atoms with E-state index in [4.69, 9.17) is 16.3 Å². The Labute approximate surface area is 132 Å². The van der Waals surface area contributed by atoms with Gasteiger partial charge in [-0.05, 0) is 42.8 Å². The van der Waals surface area contributed by atoms with Crippen molar-refractivity contribution in [2.75, 3.05) is 6.61 Å². The Morgan fingerprint density at radius 1 is 1.33 bits per heavy atom. The Balaban J connectivity index is 1.75. The summed E-state index contributed by atoms with van der Waals surface area (Å²) in [4.78, 5) is 13.9.